The lowest BCUT2D eigenvalue weighted by Gasteiger charge is -2.17. The number of hydrogen-bond donors (Lipinski definition) is 1. The summed E-state index contributed by atoms with van der Waals surface area (Å²) in [6.07, 6.45) is -0.307. The molecular formula is C14H20N2O3. The summed E-state index contributed by atoms with van der Waals surface area (Å²) >= 11 is 0. The summed E-state index contributed by atoms with van der Waals surface area (Å²) in [5.74, 6) is 0.956. The van der Waals surface area contributed by atoms with Crippen LogP contribution < -0.4 is 10.5 Å². The molecule has 0 aliphatic heterocycles. The van der Waals surface area contributed by atoms with Crippen LogP contribution in [0.3, 0.4) is 0 Å². The van der Waals surface area contributed by atoms with Crippen molar-refractivity contribution in [1.29, 1.82) is 0 Å². The molecule has 0 aliphatic carbocycles. The maximum absolute atomic E-state index is 11.4. The molecule has 0 aromatic heterocycles. The third kappa shape index (κ3) is 7.08. The number of nitrogens with two attached hydrogens (primary N) is 1. The van der Waals surface area contributed by atoms with Crippen LogP contribution in [0.5, 0.6) is 5.75 Å². The Morgan fingerprint density at radius 1 is 1.26 bits per heavy atom. The van der Waals surface area contributed by atoms with Gasteiger partial charge in [0, 0.05) is 6.42 Å². The molecule has 1 aromatic rings. The first-order valence-corrected chi connectivity index (χ1v) is 6.11. The number of para-hydroxylation sites is 1. The number of ether oxygens (including phenoxy) is 2. The van der Waals surface area contributed by atoms with Gasteiger partial charge in [-0.3, -0.25) is 0 Å². The molecule has 5 heteroatoms. The highest BCUT2D eigenvalue weighted by molar-refractivity contribution is 5.90. The summed E-state index contributed by atoms with van der Waals surface area (Å²) in [5, 5.41) is 0. The van der Waals surface area contributed by atoms with Crippen molar-refractivity contribution in [1.82, 2.24) is 0 Å². The minimum Gasteiger partial charge on any atom is -0.493 e. The Kier molecular flexibility index (Phi) is 5.36. The van der Waals surface area contributed by atoms with Crippen LogP contribution in [0.4, 0.5) is 4.79 Å². The van der Waals surface area contributed by atoms with Gasteiger partial charge in [-0.2, -0.15) is 4.99 Å². The minimum atomic E-state index is -0.676. The number of amidine groups is 1. The molecule has 0 fully saturated rings. The number of nitrogens with zero attached hydrogens (tertiary/aromatic N) is 1. The van der Waals surface area contributed by atoms with Crippen molar-refractivity contribution in [3.63, 3.8) is 0 Å². The summed E-state index contributed by atoms with van der Waals surface area (Å²) in [4.78, 5) is 15.0. The smallest absolute Gasteiger partial charge is 0.435 e. The summed E-state index contributed by atoms with van der Waals surface area (Å²) in [6.45, 7) is 5.68. The molecule has 0 unspecified atom stereocenters. The maximum atomic E-state index is 11.4. The molecule has 19 heavy (non-hydrogen) atoms. The van der Waals surface area contributed by atoms with Gasteiger partial charge in [0.05, 0.1) is 6.61 Å². The average molecular weight is 264 g/mol. The molecule has 0 spiro atoms. The quantitative estimate of drug-likeness (QED) is 0.670. The second-order valence-corrected chi connectivity index (χ2v) is 4.99. The standard InChI is InChI=1S/C14H20N2O3/c1-14(2,3)19-13(17)16-12(15)9-10-18-11-7-5-4-6-8-11/h4-8H,9-10H2,1-3H3,(H2,15,16,17). The van der Waals surface area contributed by atoms with Gasteiger partial charge < -0.3 is 15.2 Å². The van der Waals surface area contributed by atoms with E-state index in [1.54, 1.807) is 20.8 Å². The van der Waals surface area contributed by atoms with Gasteiger partial charge in [-0.15, -0.1) is 0 Å². The van der Waals surface area contributed by atoms with Gasteiger partial charge in [0.1, 0.15) is 17.2 Å². The summed E-state index contributed by atoms with van der Waals surface area (Å²) < 4.78 is 10.5. The number of carbonyl (C=O) groups excluding carboxylic acids is 1. The number of benzene rings is 1. The summed E-state index contributed by atoms with van der Waals surface area (Å²) in [5.41, 5.74) is 5.06. The Balaban J connectivity index is 2.34. The van der Waals surface area contributed by atoms with E-state index < -0.39 is 11.7 Å². The molecule has 5 nitrogen and oxygen atoms in total. The second-order valence-electron chi connectivity index (χ2n) is 4.99. The highest BCUT2D eigenvalue weighted by Gasteiger charge is 2.15. The van der Waals surface area contributed by atoms with E-state index in [4.69, 9.17) is 15.2 Å². The first-order chi connectivity index (χ1) is 8.87. The number of hydrogen-bond acceptors (Lipinski definition) is 3. The molecule has 0 aliphatic rings. The van der Waals surface area contributed by atoms with Crippen molar-refractivity contribution >= 4 is 11.9 Å². The molecule has 0 radical (unpaired) electrons. The fraction of sp³-hybridized carbons (Fsp3) is 0.429. The van der Waals surface area contributed by atoms with Crippen molar-refractivity contribution in [2.75, 3.05) is 6.61 Å². The van der Waals surface area contributed by atoms with Gasteiger partial charge in [0.2, 0.25) is 0 Å². The van der Waals surface area contributed by atoms with E-state index in [1.807, 2.05) is 30.3 Å². The van der Waals surface area contributed by atoms with Crippen LogP contribution in [0, 0.1) is 0 Å². The van der Waals surface area contributed by atoms with Crippen molar-refractivity contribution in [2.45, 2.75) is 32.8 Å². The first kappa shape index (κ1) is 15.0. The molecule has 1 rings (SSSR count). The Morgan fingerprint density at radius 3 is 2.47 bits per heavy atom. The van der Waals surface area contributed by atoms with Crippen LogP contribution in [-0.4, -0.2) is 24.1 Å². The molecule has 0 heterocycles. The monoisotopic (exact) mass is 264 g/mol. The van der Waals surface area contributed by atoms with Crippen molar-refractivity contribution in [2.24, 2.45) is 10.7 Å². The molecule has 1 aromatic carbocycles. The van der Waals surface area contributed by atoms with Gasteiger partial charge in [-0.25, -0.2) is 4.79 Å². The Hall–Kier alpha value is -2.04. The summed E-state index contributed by atoms with van der Waals surface area (Å²) in [6, 6.07) is 9.37. The molecule has 104 valence electrons. The number of amides is 1. The molecule has 0 saturated carbocycles. The Morgan fingerprint density at radius 2 is 1.89 bits per heavy atom. The maximum Gasteiger partial charge on any atom is 0.435 e. The van der Waals surface area contributed by atoms with Crippen LogP contribution in [-0.2, 0) is 4.74 Å². The molecule has 1 amide bonds. The topological polar surface area (TPSA) is 73.9 Å². The third-order valence-corrected chi connectivity index (χ3v) is 2.00. The van der Waals surface area contributed by atoms with Gasteiger partial charge in [0.25, 0.3) is 0 Å². The summed E-state index contributed by atoms with van der Waals surface area (Å²) in [7, 11) is 0. The van der Waals surface area contributed by atoms with E-state index in [1.165, 1.54) is 0 Å². The normalized spacial score (nSPS) is 12.1. The Labute approximate surface area is 113 Å². The predicted octanol–water partition coefficient (Wildman–Crippen LogP) is 2.75. The van der Waals surface area contributed by atoms with Crippen LogP contribution in [0.2, 0.25) is 0 Å². The van der Waals surface area contributed by atoms with Gasteiger partial charge >= 0.3 is 6.09 Å². The van der Waals surface area contributed by atoms with Gasteiger partial charge in [0.15, 0.2) is 0 Å². The number of carbonyl (C=O) groups is 1. The zero-order valence-electron chi connectivity index (χ0n) is 11.6. The van der Waals surface area contributed by atoms with Gasteiger partial charge in [-0.1, -0.05) is 18.2 Å². The lowest BCUT2D eigenvalue weighted by molar-refractivity contribution is 0.0604. The van der Waals surface area contributed by atoms with Crippen LogP contribution >= 0.6 is 0 Å². The average Bonchev–Trinajstić information content (AvgIpc) is 2.27. The van der Waals surface area contributed by atoms with Crippen LogP contribution in [0.1, 0.15) is 27.2 Å². The molecule has 0 bridgehead atoms. The van der Waals surface area contributed by atoms with Crippen LogP contribution in [0.25, 0.3) is 0 Å². The SMILES string of the molecule is CC(C)(C)OC(=O)/N=C(\N)CCOc1ccccc1. The highest BCUT2D eigenvalue weighted by Crippen LogP contribution is 2.09. The molecular weight excluding hydrogens is 244 g/mol. The Bertz CT molecular complexity index is 436. The van der Waals surface area contributed by atoms with E-state index in [0.29, 0.717) is 13.0 Å². The van der Waals surface area contributed by atoms with E-state index in [0.717, 1.165) is 5.75 Å². The lowest BCUT2D eigenvalue weighted by atomic mass is 10.2. The molecule has 0 atom stereocenters. The second kappa shape index (κ2) is 6.78. The number of aliphatic imine (C=N–C) groups is 1. The fourth-order valence-corrected chi connectivity index (χ4v) is 1.25. The van der Waals surface area contributed by atoms with E-state index >= 15 is 0 Å². The zero-order valence-corrected chi connectivity index (χ0v) is 11.6. The van der Waals surface area contributed by atoms with Crippen LogP contribution in [0.15, 0.2) is 35.3 Å². The van der Waals surface area contributed by atoms with E-state index in [2.05, 4.69) is 4.99 Å². The first-order valence-electron chi connectivity index (χ1n) is 6.11. The van der Waals surface area contributed by atoms with Crippen molar-refractivity contribution in [3.05, 3.63) is 30.3 Å². The van der Waals surface area contributed by atoms with Crippen molar-refractivity contribution < 1.29 is 14.3 Å². The number of rotatable bonds is 4. The highest BCUT2D eigenvalue weighted by atomic mass is 16.6. The zero-order chi connectivity index (χ0) is 14.3. The minimum absolute atomic E-state index is 0.199. The lowest BCUT2D eigenvalue weighted by Crippen LogP contribution is -2.24. The van der Waals surface area contributed by atoms with Gasteiger partial charge in [-0.05, 0) is 32.9 Å². The van der Waals surface area contributed by atoms with E-state index in [-0.39, 0.29) is 5.84 Å². The molecule has 0 saturated heterocycles. The fourth-order valence-electron chi connectivity index (χ4n) is 1.25. The van der Waals surface area contributed by atoms with Crippen molar-refractivity contribution in [3.8, 4) is 5.75 Å². The predicted molar refractivity (Wildman–Crippen MR) is 74.4 cm³/mol. The largest absolute Gasteiger partial charge is 0.493 e. The third-order valence-electron chi connectivity index (χ3n) is 2.00. The van der Waals surface area contributed by atoms with E-state index in [9.17, 15) is 4.79 Å². The molecule has 2 N–H and O–H groups in total.